The summed E-state index contributed by atoms with van der Waals surface area (Å²) in [5.74, 6) is 0.559. The van der Waals surface area contributed by atoms with Gasteiger partial charge in [0.2, 0.25) is 0 Å². The van der Waals surface area contributed by atoms with Crippen LogP contribution < -0.4 is 0 Å². The molecule has 10 aromatic rings. The lowest BCUT2D eigenvalue weighted by atomic mass is 9.83. The topological polar surface area (TPSA) is 52.1 Å². The van der Waals surface area contributed by atoms with E-state index in [1.807, 2.05) is 6.20 Å². The highest BCUT2D eigenvalue weighted by molar-refractivity contribution is 6.24. The van der Waals surface area contributed by atoms with Crippen LogP contribution in [0.25, 0.3) is 98.8 Å². The largest absolute Gasteiger partial charge is 0.456 e. The first-order valence-corrected chi connectivity index (χ1v) is 17.8. The molecule has 0 aliphatic heterocycles. The molecule has 1 aliphatic rings. The van der Waals surface area contributed by atoms with E-state index in [0.29, 0.717) is 5.92 Å². The van der Waals surface area contributed by atoms with Crippen LogP contribution >= 0.6 is 0 Å². The lowest BCUT2D eigenvalue weighted by Crippen LogP contribution is -2.04. The van der Waals surface area contributed by atoms with Crippen LogP contribution in [-0.2, 0) is 0 Å². The second-order valence-electron chi connectivity index (χ2n) is 13.9. The molecular formula is C46H32N2O2. The average molecular weight is 645 g/mol. The van der Waals surface area contributed by atoms with Crippen LogP contribution in [0.1, 0.15) is 43.6 Å². The first kappa shape index (κ1) is 27.9. The van der Waals surface area contributed by atoms with Crippen molar-refractivity contribution in [1.82, 2.24) is 9.97 Å². The van der Waals surface area contributed by atoms with Gasteiger partial charge >= 0.3 is 0 Å². The van der Waals surface area contributed by atoms with Gasteiger partial charge in [0.25, 0.3) is 0 Å². The van der Waals surface area contributed by atoms with Crippen molar-refractivity contribution in [2.75, 3.05) is 0 Å². The molecule has 0 amide bonds. The van der Waals surface area contributed by atoms with Crippen LogP contribution in [0.5, 0.6) is 0 Å². The maximum atomic E-state index is 6.91. The molecule has 1 fully saturated rings. The van der Waals surface area contributed by atoms with Gasteiger partial charge in [0.1, 0.15) is 22.3 Å². The summed E-state index contributed by atoms with van der Waals surface area (Å²) in [6, 6.07) is 42.9. The zero-order valence-corrected chi connectivity index (χ0v) is 27.4. The van der Waals surface area contributed by atoms with Gasteiger partial charge in [-0.15, -0.1) is 0 Å². The van der Waals surface area contributed by atoms with Gasteiger partial charge in [0, 0.05) is 38.1 Å². The number of hydrogen-bond donors (Lipinski definition) is 0. The molecule has 1 saturated carbocycles. The highest BCUT2D eigenvalue weighted by atomic mass is 16.3. The quantitative estimate of drug-likeness (QED) is 0.180. The van der Waals surface area contributed by atoms with E-state index in [4.69, 9.17) is 18.8 Å². The number of fused-ring (bicyclic) bond motifs is 13. The van der Waals surface area contributed by atoms with E-state index in [1.165, 1.54) is 48.4 Å². The van der Waals surface area contributed by atoms with Crippen molar-refractivity contribution in [3.8, 4) is 22.4 Å². The maximum Gasteiger partial charge on any atom is 0.147 e. The molecule has 0 spiro atoms. The standard InChI is InChI=1S/C46H32N2O2/c1-2-11-27(12-3-1)30-19-10-22-38-41-40(49-45(30)38)24-23-37-36-21-9-20-31(44(36)50-46(37)41)28-13-8-14-29(25-28)39-26-47-42-34-17-6-4-15-32(34)33-16-5-7-18-35(33)43(42)48-39/h4-10,13-27H,1-3,11-12H2. The Bertz CT molecular complexity index is 2940. The van der Waals surface area contributed by atoms with Gasteiger partial charge in [-0.3, -0.25) is 4.98 Å². The molecule has 4 nitrogen and oxygen atoms in total. The van der Waals surface area contributed by atoms with Crippen molar-refractivity contribution in [2.24, 2.45) is 0 Å². The smallest absolute Gasteiger partial charge is 0.147 e. The Morgan fingerprint density at radius 1 is 0.500 bits per heavy atom. The van der Waals surface area contributed by atoms with Gasteiger partial charge in [0.15, 0.2) is 0 Å². The predicted octanol–water partition coefficient (Wildman–Crippen LogP) is 13.1. The van der Waals surface area contributed by atoms with Crippen molar-refractivity contribution >= 4 is 76.5 Å². The average Bonchev–Trinajstić information content (AvgIpc) is 3.77. The molecule has 3 aromatic heterocycles. The van der Waals surface area contributed by atoms with Gasteiger partial charge < -0.3 is 8.83 Å². The molecule has 7 aromatic carbocycles. The summed E-state index contributed by atoms with van der Waals surface area (Å²) in [7, 11) is 0. The van der Waals surface area contributed by atoms with Gasteiger partial charge in [-0.25, -0.2) is 4.98 Å². The summed E-state index contributed by atoms with van der Waals surface area (Å²) in [5.41, 5.74) is 10.9. The lowest BCUT2D eigenvalue weighted by molar-refractivity contribution is 0.442. The van der Waals surface area contributed by atoms with Gasteiger partial charge in [-0.1, -0.05) is 122 Å². The molecule has 238 valence electrons. The normalized spacial score (nSPS) is 14.3. The Balaban J connectivity index is 1.07. The maximum absolute atomic E-state index is 6.91. The highest BCUT2D eigenvalue weighted by Gasteiger charge is 2.23. The Morgan fingerprint density at radius 2 is 1.18 bits per heavy atom. The molecule has 3 heterocycles. The minimum atomic E-state index is 0.559. The lowest BCUT2D eigenvalue weighted by Gasteiger charge is -2.21. The minimum Gasteiger partial charge on any atom is -0.456 e. The predicted molar refractivity (Wildman–Crippen MR) is 206 cm³/mol. The summed E-state index contributed by atoms with van der Waals surface area (Å²) in [6.07, 6.45) is 8.30. The van der Waals surface area contributed by atoms with E-state index in [0.717, 1.165) is 88.1 Å². The molecule has 4 heteroatoms. The number of rotatable bonds is 3. The van der Waals surface area contributed by atoms with E-state index in [2.05, 4.69) is 121 Å². The van der Waals surface area contributed by atoms with Crippen molar-refractivity contribution < 1.29 is 8.83 Å². The van der Waals surface area contributed by atoms with Crippen molar-refractivity contribution in [1.29, 1.82) is 0 Å². The summed E-state index contributed by atoms with van der Waals surface area (Å²) in [5, 5.41) is 9.05. The molecule has 0 bridgehead atoms. The molecular weight excluding hydrogens is 613 g/mol. The monoisotopic (exact) mass is 644 g/mol. The molecule has 11 rings (SSSR count). The Morgan fingerprint density at radius 3 is 2.02 bits per heavy atom. The third kappa shape index (κ3) is 4.05. The van der Waals surface area contributed by atoms with Crippen molar-refractivity contribution in [3.05, 3.63) is 133 Å². The summed E-state index contributed by atoms with van der Waals surface area (Å²) in [4.78, 5) is 10.3. The van der Waals surface area contributed by atoms with Gasteiger partial charge in [-0.2, -0.15) is 0 Å². The fourth-order valence-corrected chi connectivity index (χ4v) is 8.73. The number of nitrogens with zero attached hydrogens (tertiary/aromatic N) is 2. The SMILES string of the molecule is c1cc(-c2cnc3c4ccccc4c4ccccc4c3n2)cc(-c2cccc3c2oc2c3ccc3oc4c(C5CCCCC5)cccc4c32)c1. The number of para-hydroxylation sites is 2. The first-order chi connectivity index (χ1) is 24.8. The molecule has 0 N–H and O–H groups in total. The van der Waals surface area contributed by atoms with E-state index < -0.39 is 0 Å². The number of aromatic nitrogens is 2. The van der Waals surface area contributed by atoms with Crippen LogP contribution in [0, 0.1) is 0 Å². The van der Waals surface area contributed by atoms with Crippen LogP contribution in [0.15, 0.2) is 136 Å². The molecule has 0 radical (unpaired) electrons. The second kappa shape index (κ2) is 10.8. The van der Waals surface area contributed by atoms with Crippen molar-refractivity contribution in [3.63, 3.8) is 0 Å². The van der Waals surface area contributed by atoms with E-state index in [9.17, 15) is 0 Å². The third-order valence-corrected chi connectivity index (χ3v) is 11.1. The molecule has 50 heavy (non-hydrogen) atoms. The zero-order valence-electron chi connectivity index (χ0n) is 27.4. The first-order valence-electron chi connectivity index (χ1n) is 17.8. The van der Waals surface area contributed by atoms with Gasteiger partial charge in [0.05, 0.1) is 28.3 Å². The number of hydrogen-bond acceptors (Lipinski definition) is 4. The second-order valence-corrected chi connectivity index (χ2v) is 13.9. The Hall–Kier alpha value is -6.00. The van der Waals surface area contributed by atoms with E-state index >= 15 is 0 Å². The fourth-order valence-electron chi connectivity index (χ4n) is 8.73. The van der Waals surface area contributed by atoms with Crippen LogP contribution in [0.2, 0.25) is 0 Å². The summed E-state index contributed by atoms with van der Waals surface area (Å²) < 4.78 is 13.5. The van der Waals surface area contributed by atoms with E-state index in [-0.39, 0.29) is 0 Å². The molecule has 0 unspecified atom stereocenters. The van der Waals surface area contributed by atoms with Gasteiger partial charge in [-0.05, 0) is 58.9 Å². The summed E-state index contributed by atoms with van der Waals surface area (Å²) in [6.45, 7) is 0. The van der Waals surface area contributed by atoms with Crippen LogP contribution in [0.4, 0.5) is 0 Å². The Kier molecular flexibility index (Phi) is 6.00. The zero-order chi connectivity index (χ0) is 32.8. The van der Waals surface area contributed by atoms with E-state index in [1.54, 1.807) is 0 Å². The third-order valence-electron chi connectivity index (χ3n) is 11.1. The minimum absolute atomic E-state index is 0.559. The van der Waals surface area contributed by atoms with Crippen molar-refractivity contribution in [2.45, 2.75) is 38.0 Å². The number of benzene rings is 7. The molecule has 0 saturated heterocycles. The fraction of sp³-hybridized carbons (Fsp3) is 0.130. The Labute approximate surface area is 288 Å². The van der Waals surface area contributed by atoms with Crippen LogP contribution in [0.3, 0.4) is 0 Å². The van der Waals surface area contributed by atoms with Crippen LogP contribution in [-0.4, -0.2) is 9.97 Å². The number of furan rings is 2. The molecule has 0 atom stereocenters. The highest BCUT2D eigenvalue weighted by Crippen LogP contribution is 2.45. The summed E-state index contributed by atoms with van der Waals surface area (Å²) >= 11 is 0. The molecule has 1 aliphatic carbocycles.